The SMILES string of the molecule is c1ccc(-c2cccc(C[C@H]3CCNC3)n2)cc1. The van der Waals surface area contributed by atoms with Gasteiger partial charge in [-0.3, -0.25) is 4.98 Å². The highest BCUT2D eigenvalue weighted by molar-refractivity contribution is 5.58. The van der Waals surface area contributed by atoms with Gasteiger partial charge in [-0.05, 0) is 44.0 Å². The minimum atomic E-state index is 0.753. The molecule has 1 atom stereocenters. The van der Waals surface area contributed by atoms with Crippen LogP contribution in [0.5, 0.6) is 0 Å². The molecule has 0 amide bonds. The first-order chi connectivity index (χ1) is 8.92. The van der Waals surface area contributed by atoms with Gasteiger partial charge in [0.05, 0.1) is 5.69 Å². The van der Waals surface area contributed by atoms with Crippen LogP contribution in [-0.4, -0.2) is 18.1 Å². The second kappa shape index (κ2) is 5.32. The molecule has 1 aliphatic heterocycles. The third kappa shape index (κ3) is 2.59. The van der Waals surface area contributed by atoms with Gasteiger partial charge < -0.3 is 5.32 Å². The van der Waals surface area contributed by atoms with Crippen molar-refractivity contribution in [1.82, 2.24) is 10.3 Å². The van der Waals surface area contributed by atoms with E-state index in [0.29, 0.717) is 0 Å². The summed E-state index contributed by atoms with van der Waals surface area (Å²) in [6, 6.07) is 16.7. The van der Waals surface area contributed by atoms with Crippen molar-refractivity contribution in [1.29, 1.82) is 0 Å². The maximum absolute atomic E-state index is 4.78. The van der Waals surface area contributed by atoms with Crippen LogP contribution in [-0.2, 0) is 6.42 Å². The molecule has 1 saturated heterocycles. The predicted octanol–water partition coefficient (Wildman–Crippen LogP) is 2.90. The van der Waals surface area contributed by atoms with Gasteiger partial charge in [0.15, 0.2) is 0 Å². The summed E-state index contributed by atoms with van der Waals surface area (Å²) in [7, 11) is 0. The maximum Gasteiger partial charge on any atom is 0.0705 e. The third-order valence-electron chi connectivity index (χ3n) is 3.54. The molecule has 2 aromatic rings. The highest BCUT2D eigenvalue weighted by Crippen LogP contribution is 2.19. The fraction of sp³-hybridized carbons (Fsp3) is 0.312. The van der Waals surface area contributed by atoms with Crippen molar-refractivity contribution in [3.63, 3.8) is 0 Å². The number of nitrogens with zero attached hydrogens (tertiary/aromatic N) is 1. The van der Waals surface area contributed by atoms with Crippen molar-refractivity contribution in [3.8, 4) is 11.3 Å². The largest absolute Gasteiger partial charge is 0.316 e. The number of rotatable bonds is 3. The Morgan fingerprint density at radius 3 is 2.72 bits per heavy atom. The summed E-state index contributed by atoms with van der Waals surface area (Å²) in [5, 5.41) is 3.41. The molecule has 2 heterocycles. The third-order valence-corrected chi connectivity index (χ3v) is 3.54. The van der Waals surface area contributed by atoms with Crippen LogP contribution < -0.4 is 5.32 Å². The first-order valence-electron chi connectivity index (χ1n) is 6.64. The number of nitrogens with one attached hydrogen (secondary N) is 1. The molecular formula is C16H18N2. The Kier molecular flexibility index (Phi) is 3.37. The summed E-state index contributed by atoms with van der Waals surface area (Å²) in [4.78, 5) is 4.78. The number of pyridine rings is 1. The Balaban J connectivity index is 1.80. The Hall–Kier alpha value is -1.67. The normalized spacial score (nSPS) is 19.0. The zero-order chi connectivity index (χ0) is 12.2. The van der Waals surface area contributed by atoms with Crippen molar-refractivity contribution in [2.75, 3.05) is 13.1 Å². The summed E-state index contributed by atoms with van der Waals surface area (Å²) in [6.45, 7) is 2.29. The van der Waals surface area contributed by atoms with E-state index >= 15 is 0 Å². The van der Waals surface area contributed by atoms with Crippen molar-refractivity contribution in [3.05, 3.63) is 54.2 Å². The molecule has 1 N–H and O–H groups in total. The van der Waals surface area contributed by atoms with Gasteiger partial charge in [0.1, 0.15) is 0 Å². The van der Waals surface area contributed by atoms with Gasteiger partial charge in [-0.2, -0.15) is 0 Å². The average molecular weight is 238 g/mol. The van der Waals surface area contributed by atoms with Gasteiger partial charge in [0, 0.05) is 11.3 Å². The fourth-order valence-electron chi connectivity index (χ4n) is 2.55. The van der Waals surface area contributed by atoms with Crippen molar-refractivity contribution in [2.24, 2.45) is 5.92 Å². The Morgan fingerprint density at radius 2 is 1.94 bits per heavy atom. The molecule has 1 aliphatic rings. The maximum atomic E-state index is 4.78. The molecule has 92 valence electrons. The van der Waals surface area contributed by atoms with Crippen LogP contribution in [0.3, 0.4) is 0 Å². The van der Waals surface area contributed by atoms with E-state index in [1.807, 2.05) is 6.07 Å². The van der Waals surface area contributed by atoms with Crippen LogP contribution in [0.15, 0.2) is 48.5 Å². The fourth-order valence-corrected chi connectivity index (χ4v) is 2.55. The van der Waals surface area contributed by atoms with E-state index in [1.54, 1.807) is 0 Å². The van der Waals surface area contributed by atoms with Crippen LogP contribution in [0, 0.1) is 5.92 Å². The molecule has 0 radical (unpaired) electrons. The van der Waals surface area contributed by atoms with Gasteiger partial charge in [0.2, 0.25) is 0 Å². The van der Waals surface area contributed by atoms with E-state index in [2.05, 4.69) is 47.8 Å². The van der Waals surface area contributed by atoms with Crippen LogP contribution in [0.2, 0.25) is 0 Å². The Morgan fingerprint density at radius 1 is 1.06 bits per heavy atom. The van der Waals surface area contributed by atoms with Crippen LogP contribution >= 0.6 is 0 Å². The number of hydrogen-bond acceptors (Lipinski definition) is 2. The molecule has 18 heavy (non-hydrogen) atoms. The molecule has 1 aromatic carbocycles. The molecule has 2 heteroatoms. The van der Waals surface area contributed by atoms with Crippen LogP contribution in [0.4, 0.5) is 0 Å². The van der Waals surface area contributed by atoms with Crippen LogP contribution in [0.25, 0.3) is 11.3 Å². The second-order valence-corrected chi connectivity index (χ2v) is 4.94. The topological polar surface area (TPSA) is 24.9 Å². The lowest BCUT2D eigenvalue weighted by atomic mass is 10.0. The van der Waals surface area contributed by atoms with Crippen molar-refractivity contribution >= 4 is 0 Å². The van der Waals surface area contributed by atoms with Gasteiger partial charge in [-0.1, -0.05) is 36.4 Å². The molecular weight excluding hydrogens is 220 g/mol. The molecule has 1 fully saturated rings. The molecule has 2 nitrogen and oxygen atoms in total. The van der Waals surface area contributed by atoms with Crippen molar-refractivity contribution in [2.45, 2.75) is 12.8 Å². The lowest BCUT2D eigenvalue weighted by Crippen LogP contribution is -2.11. The molecule has 1 aromatic heterocycles. The van der Waals surface area contributed by atoms with E-state index in [4.69, 9.17) is 4.98 Å². The average Bonchev–Trinajstić information content (AvgIpc) is 2.93. The smallest absolute Gasteiger partial charge is 0.0705 e. The lowest BCUT2D eigenvalue weighted by Gasteiger charge is -2.09. The van der Waals surface area contributed by atoms with Gasteiger partial charge in [-0.15, -0.1) is 0 Å². The van der Waals surface area contributed by atoms with E-state index in [-0.39, 0.29) is 0 Å². The van der Waals surface area contributed by atoms with Gasteiger partial charge in [-0.25, -0.2) is 0 Å². The summed E-state index contributed by atoms with van der Waals surface area (Å²) in [5.74, 6) is 0.753. The quantitative estimate of drug-likeness (QED) is 0.889. The van der Waals surface area contributed by atoms with Crippen molar-refractivity contribution < 1.29 is 0 Å². The van der Waals surface area contributed by atoms with E-state index in [9.17, 15) is 0 Å². The first-order valence-corrected chi connectivity index (χ1v) is 6.64. The number of aromatic nitrogens is 1. The van der Waals surface area contributed by atoms with Crippen LogP contribution in [0.1, 0.15) is 12.1 Å². The minimum absolute atomic E-state index is 0.753. The van der Waals surface area contributed by atoms with E-state index in [1.165, 1.54) is 17.7 Å². The monoisotopic (exact) mass is 238 g/mol. The molecule has 0 saturated carbocycles. The number of hydrogen-bond donors (Lipinski definition) is 1. The highest BCUT2D eigenvalue weighted by atomic mass is 14.9. The lowest BCUT2D eigenvalue weighted by molar-refractivity contribution is 0.572. The second-order valence-electron chi connectivity index (χ2n) is 4.94. The molecule has 3 rings (SSSR count). The number of benzene rings is 1. The summed E-state index contributed by atoms with van der Waals surface area (Å²) in [6.07, 6.45) is 2.37. The molecule has 0 unspecified atom stereocenters. The Bertz CT molecular complexity index is 502. The minimum Gasteiger partial charge on any atom is -0.316 e. The first kappa shape index (κ1) is 11.4. The predicted molar refractivity (Wildman–Crippen MR) is 74.4 cm³/mol. The highest BCUT2D eigenvalue weighted by Gasteiger charge is 2.15. The summed E-state index contributed by atoms with van der Waals surface area (Å²) >= 11 is 0. The molecule has 0 bridgehead atoms. The van der Waals surface area contributed by atoms with E-state index < -0.39 is 0 Å². The summed E-state index contributed by atoms with van der Waals surface area (Å²) < 4.78 is 0. The standard InChI is InChI=1S/C16H18N2/c1-2-5-14(6-3-1)16-8-4-7-15(18-16)11-13-9-10-17-12-13/h1-8,13,17H,9-12H2/t13-/m1/s1. The molecule has 0 spiro atoms. The zero-order valence-corrected chi connectivity index (χ0v) is 10.5. The summed E-state index contributed by atoms with van der Waals surface area (Å²) in [5.41, 5.74) is 3.49. The van der Waals surface area contributed by atoms with Gasteiger partial charge >= 0.3 is 0 Å². The van der Waals surface area contributed by atoms with Gasteiger partial charge in [0.25, 0.3) is 0 Å². The Labute approximate surface area is 108 Å². The molecule has 0 aliphatic carbocycles. The zero-order valence-electron chi connectivity index (χ0n) is 10.5. The van der Waals surface area contributed by atoms with E-state index in [0.717, 1.165) is 31.1 Å².